The number of benzene rings is 1. The third-order valence-electron chi connectivity index (χ3n) is 4.48. The SMILES string of the molecule is COc1nc(C(C)N2C(=O)c3ccccc3C2=O)n(-c2ccc(C#N)cn2)n1. The van der Waals surface area contributed by atoms with Crippen LogP contribution in [0.5, 0.6) is 6.01 Å². The topological polar surface area (TPSA) is 114 Å². The van der Waals surface area contributed by atoms with Crippen LogP contribution in [0.15, 0.2) is 42.6 Å². The molecule has 9 heteroatoms. The highest BCUT2D eigenvalue weighted by atomic mass is 16.5. The number of pyridine rings is 1. The van der Waals surface area contributed by atoms with Gasteiger partial charge < -0.3 is 4.74 Å². The Bertz CT molecular complexity index is 1090. The van der Waals surface area contributed by atoms with Gasteiger partial charge in [0, 0.05) is 6.20 Å². The maximum absolute atomic E-state index is 12.8. The summed E-state index contributed by atoms with van der Waals surface area (Å²) in [5.74, 6) is -0.0966. The summed E-state index contributed by atoms with van der Waals surface area (Å²) in [5, 5.41) is 13.2. The van der Waals surface area contributed by atoms with Crippen LogP contribution in [-0.2, 0) is 0 Å². The molecule has 1 unspecified atom stereocenters. The second-order valence-corrected chi connectivity index (χ2v) is 6.09. The van der Waals surface area contributed by atoms with E-state index in [-0.39, 0.29) is 6.01 Å². The third-order valence-corrected chi connectivity index (χ3v) is 4.48. The van der Waals surface area contributed by atoms with Crippen LogP contribution in [0.3, 0.4) is 0 Å². The van der Waals surface area contributed by atoms with Gasteiger partial charge >= 0.3 is 6.01 Å². The van der Waals surface area contributed by atoms with Gasteiger partial charge in [-0.2, -0.15) is 14.9 Å². The van der Waals surface area contributed by atoms with Crippen LogP contribution in [0.25, 0.3) is 5.82 Å². The van der Waals surface area contributed by atoms with E-state index in [9.17, 15) is 9.59 Å². The molecule has 0 radical (unpaired) electrons. The number of ether oxygens (including phenoxy) is 1. The van der Waals surface area contributed by atoms with E-state index in [0.717, 1.165) is 4.90 Å². The Balaban J connectivity index is 1.77. The van der Waals surface area contributed by atoms with Crippen molar-refractivity contribution in [2.24, 2.45) is 0 Å². The van der Waals surface area contributed by atoms with Gasteiger partial charge in [-0.1, -0.05) is 12.1 Å². The van der Waals surface area contributed by atoms with Gasteiger partial charge in [-0.25, -0.2) is 4.98 Å². The van der Waals surface area contributed by atoms with Crippen LogP contribution in [0, 0.1) is 11.3 Å². The third kappa shape index (κ3) is 2.59. The molecule has 0 aliphatic carbocycles. The Morgan fingerprint density at radius 3 is 2.32 bits per heavy atom. The second-order valence-electron chi connectivity index (χ2n) is 6.09. The smallest absolute Gasteiger partial charge is 0.335 e. The maximum atomic E-state index is 12.8. The van der Waals surface area contributed by atoms with E-state index in [2.05, 4.69) is 15.1 Å². The molecular weight excluding hydrogens is 360 g/mol. The lowest BCUT2D eigenvalue weighted by atomic mass is 10.1. The van der Waals surface area contributed by atoms with E-state index in [1.54, 1.807) is 43.3 Å². The first-order valence-corrected chi connectivity index (χ1v) is 8.39. The summed E-state index contributed by atoms with van der Waals surface area (Å²) in [6, 6.07) is 11.2. The molecule has 0 bridgehead atoms. The predicted molar refractivity (Wildman–Crippen MR) is 95.8 cm³/mol. The van der Waals surface area contributed by atoms with E-state index in [1.807, 2.05) is 6.07 Å². The lowest BCUT2D eigenvalue weighted by Gasteiger charge is -2.21. The number of nitriles is 1. The highest BCUT2D eigenvalue weighted by molar-refractivity contribution is 6.21. The Labute approximate surface area is 159 Å². The Morgan fingerprint density at radius 1 is 1.11 bits per heavy atom. The average Bonchev–Trinajstić information content (AvgIpc) is 3.28. The van der Waals surface area contributed by atoms with E-state index >= 15 is 0 Å². The molecule has 1 aliphatic rings. The molecule has 28 heavy (non-hydrogen) atoms. The zero-order chi connectivity index (χ0) is 19.8. The van der Waals surface area contributed by atoms with Crippen molar-refractivity contribution in [1.82, 2.24) is 24.6 Å². The largest absolute Gasteiger partial charge is 0.466 e. The lowest BCUT2D eigenvalue weighted by molar-refractivity contribution is 0.0587. The zero-order valence-corrected chi connectivity index (χ0v) is 15.0. The number of imide groups is 1. The number of carbonyl (C=O) groups excluding carboxylic acids is 2. The minimum atomic E-state index is -0.721. The fourth-order valence-corrected chi connectivity index (χ4v) is 3.08. The number of hydrogen-bond donors (Lipinski definition) is 0. The Hall–Kier alpha value is -4.06. The molecule has 3 heterocycles. The first-order chi connectivity index (χ1) is 13.5. The quantitative estimate of drug-likeness (QED) is 0.641. The molecule has 1 atom stereocenters. The molecule has 0 saturated carbocycles. The van der Waals surface area contributed by atoms with Gasteiger partial charge in [0.25, 0.3) is 11.8 Å². The van der Waals surface area contributed by atoms with Crippen LogP contribution in [0.1, 0.15) is 45.1 Å². The van der Waals surface area contributed by atoms with Crippen LogP contribution in [0.4, 0.5) is 0 Å². The maximum Gasteiger partial charge on any atom is 0.335 e. The van der Waals surface area contributed by atoms with Crippen LogP contribution < -0.4 is 4.74 Å². The van der Waals surface area contributed by atoms with Crippen molar-refractivity contribution < 1.29 is 14.3 Å². The number of methoxy groups -OCH3 is 1. The van der Waals surface area contributed by atoms with Crippen LogP contribution in [0.2, 0.25) is 0 Å². The van der Waals surface area contributed by atoms with Crippen LogP contribution >= 0.6 is 0 Å². The van der Waals surface area contributed by atoms with Crippen molar-refractivity contribution in [3.05, 3.63) is 65.1 Å². The molecule has 0 saturated heterocycles. The molecule has 0 spiro atoms. The van der Waals surface area contributed by atoms with Crippen molar-refractivity contribution in [1.29, 1.82) is 5.26 Å². The monoisotopic (exact) mass is 374 g/mol. The highest BCUT2D eigenvalue weighted by Crippen LogP contribution is 2.31. The molecule has 2 amide bonds. The number of carbonyl (C=O) groups is 2. The van der Waals surface area contributed by atoms with Gasteiger partial charge in [-0.15, -0.1) is 5.10 Å². The number of aromatic nitrogens is 4. The number of fused-ring (bicyclic) bond motifs is 1. The molecule has 4 rings (SSSR count). The molecule has 9 nitrogen and oxygen atoms in total. The lowest BCUT2D eigenvalue weighted by Crippen LogP contribution is -2.34. The standard InChI is InChI=1S/C19H14N6O3/c1-11(24-17(26)13-5-3-4-6-14(13)18(24)27)16-22-19(28-2)23-25(16)15-8-7-12(9-20)10-21-15/h3-8,10-11H,1-2H3. The normalized spacial score (nSPS) is 14.0. The van der Waals surface area contributed by atoms with Gasteiger partial charge in [0.2, 0.25) is 0 Å². The number of hydrogen-bond acceptors (Lipinski definition) is 7. The zero-order valence-electron chi connectivity index (χ0n) is 15.0. The first-order valence-electron chi connectivity index (χ1n) is 8.39. The summed E-state index contributed by atoms with van der Waals surface area (Å²) in [6.45, 7) is 1.69. The van der Waals surface area contributed by atoms with Crippen molar-refractivity contribution in [2.45, 2.75) is 13.0 Å². The van der Waals surface area contributed by atoms with Gasteiger partial charge in [-0.05, 0) is 31.2 Å². The van der Waals surface area contributed by atoms with Crippen LogP contribution in [-0.4, -0.2) is 43.6 Å². The molecule has 0 fully saturated rings. The van der Waals surface area contributed by atoms with E-state index < -0.39 is 17.9 Å². The summed E-state index contributed by atoms with van der Waals surface area (Å²) < 4.78 is 6.52. The fourth-order valence-electron chi connectivity index (χ4n) is 3.08. The Kier molecular flexibility index (Phi) is 4.08. The van der Waals surface area contributed by atoms with Gasteiger partial charge in [0.15, 0.2) is 11.6 Å². The van der Waals surface area contributed by atoms with E-state index in [0.29, 0.717) is 28.3 Å². The van der Waals surface area contributed by atoms with Crippen molar-refractivity contribution >= 4 is 11.8 Å². The predicted octanol–water partition coefficient (Wildman–Crippen LogP) is 1.90. The fraction of sp³-hybridized carbons (Fsp3) is 0.158. The van der Waals surface area contributed by atoms with E-state index in [4.69, 9.17) is 10.00 Å². The van der Waals surface area contributed by atoms with Crippen molar-refractivity contribution in [2.75, 3.05) is 7.11 Å². The van der Waals surface area contributed by atoms with Gasteiger partial charge in [0.05, 0.1) is 29.8 Å². The molecule has 3 aromatic rings. The van der Waals surface area contributed by atoms with Crippen molar-refractivity contribution in [3.63, 3.8) is 0 Å². The molecular formula is C19H14N6O3. The van der Waals surface area contributed by atoms with Gasteiger partial charge in [0.1, 0.15) is 6.07 Å². The van der Waals surface area contributed by atoms with E-state index in [1.165, 1.54) is 18.0 Å². The summed E-state index contributed by atoms with van der Waals surface area (Å²) in [6.07, 6.45) is 1.40. The molecule has 138 valence electrons. The summed E-state index contributed by atoms with van der Waals surface area (Å²) in [5.41, 5.74) is 1.11. The number of nitrogens with zero attached hydrogens (tertiary/aromatic N) is 6. The molecule has 1 aromatic carbocycles. The van der Waals surface area contributed by atoms with Crippen molar-refractivity contribution in [3.8, 4) is 17.9 Å². The Morgan fingerprint density at radius 2 is 1.79 bits per heavy atom. The minimum Gasteiger partial charge on any atom is -0.466 e. The summed E-state index contributed by atoms with van der Waals surface area (Å²) in [4.78, 5) is 35.2. The molecule has 1 aliphatic heterocycles. The molecule has 0 N–H and O–H groups in total. The number of rotatable bonds is 4. The molecule has 2 aromatic heterocycles. The highest BCUT2D eigenvalue weighted by Gasteiger charge is 2.40. The average molecular weight is 374 g/mol. The minimum absolute atomic E-state index is 0.0737. The summed E-state index contributed by atoms with van der Waals surface area (Å²) in [7, 11) is 1.42. The first kappa shape index (κ1) is 17.4. The summed E-state index contributed by atoms with van der Waals surface area (Å²) >= 11 is 0. The second kappa shape index (κ2) is 6.59. The number of amides is 2. The van der Waals surface area contributed by atoms with Gasteiger partial charge in [-0.3, -0.25) is 14.5 Å².